The van der Waals surface area contributed by atoms with Crippen molar-refractivity contribution < 1.29 is 9.18 Å². The number of aromatic nitrogens is 3. The Kier molecular flexibility index (Phi) is 6.06. The van der Waals surface area contributed by atoms with Gasteiger partial charge in [-0.2, -0.15) is 0 Å². The summed E-state index contributed by atoms with van der Waals surface area (Å²) in [5.41, 5.74) is 3.08. The second-order valence-electron chi connectivity index (χ2n) is 7.38. The van der Waals surface area contributed by atoms with Gasteiger partial charge in [0.1, 0.15) is 4.83 Å². The van der Waals surface area contributed by atoms with Crippen LogP contribution < -0.4 is 10.6 Å². The van der Waals surface area contributed by atoms with E-state index in [0.29, 0.717) is 11.6 Å². The van der Waals surface area contributed by atoms with Gasteiger partial charge in [0.2, 0.25) is 0 Å². The van der Waals surface area contributed by atoms with Crippen LogP contribution in [0.1, 0.15) is 39.8 Å². The minimum atomic E-state index is -0.306. The number of aldehydes is 1. The third kappa shape index (κ3) is 4.34. The Hall–Kier alpha value is -2.84. The summed E-state index contributed by atoms with van der Waals surface area (Å²) in [6, 6.07) is 7.52. The molecule has 0 amide bonds. The lowest BCUT2D eigenvalue weighted by Gasteiger charge is -2.22. The third-order valence-corrected chi connectivity index (χ3v) is 6.14. The fraction of sp³-hybridized carbons (Fsp3) is 0.318. The first kappa shape index (κ1) is 20.4. The fourth-order valence-electron chi connectivity index (χ4n) is 3.66. The summed E-state index contributed by atoms with van der Waals surface area (Å²) in [7, 11) is 1.75. The highest BCUT2D eigenvalue weighted by Gasteiger charge is 2.17. The van der Waals surface area contributed by atoms with Crippen molar-refractivity contribution in [3.8, 4) is 0 Å². The summed E-state index contributed by atoms with van der Waals surface area (Å²) in [5, 5.41) is 7.36. The number of piperidine rings is 1. The lowest BCUT2D eigenvalue weighted by Crippen LogP contribution is -2.28. The number of imidazole rings is 1. The molecule has 4 aromatic heterocycles. The van der Waals surface area contributed by atoms with Crippen LogP contribution in [0.5, 0.6) is 0 Å². The van der Waals surface area contributed by atoms with Gasteiger partial charge in [0, 0.05) is 49.1 Å². The van der Waals surface area contributed by atoms with E-state index in [1.165, 1.54) is 30.2 Å². The Bertz CT molecular complexity index is 1180. The molecule has 8 heteroatoms. The summed E-state index contributed by atoms with van der Waals surface area (Å²) < 4.78 is 15.0. The quantitative estimate of drug-likeness (QED) is 0.476. The third-order valence-electron chi connectivity index (χ3n) is 5.17. The Morgan fingerprint density at radius 1 is 1.30 bits per heavy atom. The Morgan fingerprint density at radius 2 is 2.17 bits per heavy atom. The molecule has 1 unspecified atom stereocenters. The van der Waals surface area contributed by atoms with Gasteiger partial charge in [-0.1, -0.05) is 6.07 Å². The zero-order valence-electron chi connectivity index (χ0n) is 17.0. The molecule has 1 saturated heterocycles. The van der Waals surface area contributed by atoms with Gasteiger partial charge < -0.3 is 15.0 Å². The van der Waals surface area contributed by atoms with Gasteiger partial charge in [0.15, 0.2) is 17.8 Å². The average Bonchev–Trinajstić information content (AvgIpc) is 3.36. The molecule has 0 radical (unpaired) electrons. The smallest absolute Gasteiger partial charge is 0.173 e. The molecule has 0 saturated carbocycles. The van der Waals surface area contributed by atoms with E-state index in [0.717, 1.165) is 51.5 Å². The lowest BCUT2D eigenvalue weighted by atomic mass is 9.95. The molecule has 5 heterocycles. The predicted molar refractivity (Wildman–Crippen MR) is 119 cm³/mol. The average molecular weight is 426 g/mol. The van der Waals surface area contributed by atoms with E-state index in [1.54, 1.807) is 23.8 Å². The molecular weight excluding hydrogens is 401 g/mol. The number of carbonyl (C=O) groups excluding carboxylic acids is 1. The first-order valence-electron chi connectivity index (χ1n) is 9.96. The SMILES string of the molecule is CNc1cc(F)c2nc(C)cn2c1.O=Cc1cc2ccc(C3CCCNC3)nc2s1. The normalized spacial score (nSPS) is 16.3. The first-order valence-corrected chi connectivity index (χ1v) is 10.8. The van der Waals surface area contributed by atoms with Crippen molar-refractivity contribution in [1.82, 2.24) is 19.7 Å². The molecular formula is C22H24FN5OS. The van der Waals surface area contributed by atoms with Crippen molar-refractivity contribution in [2.75, 3.05) is 25.5 Å². The fourth-order valence-corrected chi connectivity index (χ4v) is 4.51. The number of aryl methyl sites for hydroxylation is 1. The molecule has 5 rings (SSSR count). The van der Waals surface area contributed by atoms with Gasteiger partial charge in [0.25, 0.3) is 0 Å². The number of hydrogen-bond acceptors (Lipinski definition) is 6. The maximum atomic E-state index is 13.3. The van der Waals surface area contributed by atoms with Gasteiger partial charge in [-0.25, -0.2) is 14.4 Å². The number of thiophene rings is 1. The molecule has 0 spiro atoms. The van der Waals surface area contributed by atoms with Crippen LogP contribution in [0.4, 0.5) is 10.1 Å². The number of halogens is 1. The number of nitrogens with zero attached hydrogens (tertiary/aromatic N) is 3. The number of nitrogens with one attached hydrogen (secondary N) is 2. The van der Waals surface area contributed by atoms with Crippen LogP contribution in [-0.2, 0) is 0 Å². The second kappa shape index (κ2) is 8.89. The van der Waals surface area contributed by atoms with E-state index in [-0.39, 0.29) is 5.82 Å². The number of hydrogen-bond donors (Lipinski definition) is 2. The van der Waals surface area contributed by atoms with E-state index in [9.17, 15) is 9.18 Å². The molecule has 30 heavy (non-hydrogen) atoms. The molecule has 0 aliphatic carbocycles. The van der Waals surface area contributed by atoms with Crippen LogP contribution in [0.15, 0.2) is 36.7 Å². The van der Waals surface area contributed by atoms with E-state index >= 15 is 0 Å². The molecule has 0 bridgehead atoms. The zero-order chi connectivity index (χ0) is 21.1. The topological polar surface area (TPSA) is 71.3 Å². The molecule has 156 valence electrons. The van der Waals surface area contributed by atoms with Crippen molar-refractivity contribution in [3.05, 3.63) is 58.7 Å². The lowest BCUT2D eigenvalue weighted by molar-refractivity contribution is 0.112. The van der Waals surface area contributed by atoms with Crippen molar-refractivity contribution in [1.29, 1.82) is 0 Å². The first-order chi connectivity index (χ1) is 14.6. The standard InChI is InChI=1S/C13H14N2OS.C9H10FN3/c16-8-11-6-9-3-4-12(15-13(9)17-11)10-2-1-5-14-7-10;1-6-4-13-5-7(11-2)3-8(10)9(13)12-6/h3-4,6,8,10,14H,1-2,5,7H2;3-5,11H,1-2H3. The van der Waals surface area contributed by atoms with Crippen molar-refractivity contribution in [3.63, 3.8) is 0 Å². The summed E-state index contributed by atoms with van der Waals surface area (Å²) in [4.78, 5) is 21.2. The summed E-state index contributed by atoms with van der Waals surface area (Å²) in [5.74, 6) is 0.217. The molecule has 1 aliphatic heterocycles. The second-order valence-corrected chi connectivity index (χ2v) is 8.44. The highest BCUT2D eigenvalue weighted by atomic mass is 32.1. The van der Waals surface area contributed by atoms with Crippen molar-refractivity contribution in [2.24, 2.45) is 0 Å². The minimum Gasteiger partial charge on any atom is -0.387 e. The molecule has 0 aromatic carbocycles. The number of rotatable bonds is 3. The van der Waals surface area contributed by atoms with Gasteiger partial charge in [-0.15, -0.1) is 11.3 Å². The molecule has 1 fully saturated rings. The van der Waals surface area contributed by atoms with Crippen molar-refractivity contribution in [2.45, 2.75) is 25.7 Å². The summed E-state index contributed by atoms with van der Waals surface area (Å²) >= 11 is 1.48. The number of carbonyl (C=O) groups is 1. The van der Waals surface area contributed by atoms with E-state index in [2.05, 4.69) is 32.7 Å². The van der Waals surface area contributed by atoms with Gasteiger partial charge in [-0.05, 0) is 38.4 Å². The minimum absolute atomic E-state index is 0.306. The Balaban J connectivity index is 0.000000151. The predicted octanol–water partition coefficient (Wildman–Crippen LogP) is 4.40. The largest absolute Gasteiger partial charge is 0.387 e. The van der Waals surface area contributed by atoms with Gasteiger partial charge in [0.05, 0.1) is 16.3 Å². The summed E-state index contributed by atoms with van der Waals surface area (Å²) in [6.45, 7) is 3.98. The highest BCUT2D eigenvalue weighted by molar-refractivity contribution is 7.20. The van der Waals surface area contributed by atoms with Crippen LogP contribution in [0.2, 0.25) is 0 Å². The van der Waals surface area contributed by atoms with Crippen LogP contribution >= 0.6 is 11.3 Å². The highest BCUT2D eigenvalue weighted by Crippen LogP contribution is 2.27. The number of fused-ring (bicyclic) bond motifs is 2. The molecule has 2 N–H and O–H groups in total. The van der Waals surface area contributed by atoms with Gasteiger partial charge in [-0.3, -0.25) is 4.79 Å². The van der Waals surface area contributed by atoms with Crippen LogP contribution in [0.25, 0.3) is 15.9 Å². The van der Waals surface area contributed by atoms with Crippen molar-refractivity contribution >= 4 is 39.2 Å². The van der Waals surface area contributed by atoms with Crippen LogP contribution in [0.3, 0.4) is 0 Å². The Morgan fingerprint density at radius 3 is 2.90 bits per heavy atom. The van der Waals surface area contributed by atoms with E-state index in [1.807, 2.05) is 13.0 Å². The Labute approximate surface area is 178 Å². The maximum Gasteiger partial charge on any atom is 0.173 e. The van der Waals surface area contributed by atoms with E-state index in [4.69, 9.17) is 0 Å². The molecule has 1 atom stereocenters. The number of pyridine rings is 2. The number of anilines is 1. The van der Waals surface area contributed by atoms with E-state index < -0.39 is 0 Å². The maximum absolute atomic E-state index is 13.3. The molecule has 6 nitrogen and oxygen atoms in total. The summed E-state index contributed by atoms with van der Waals surface area (Å²) in [6.07, 6.45) is 6.91. The zero-order valence-corrected chi connectivity index (χ0v) is 17.8. The molecule has 4 aromatic rings. The monoisotopic (exact) mass is 425 g/mol. The van der Waals surface area contributed by atoms with Gasteiger partial charge >= 0.3 is 0 Å². The molecule has 1 aliphatic rings. The van der Waals surface area contributed by atoms with Crippen LogP contribution in [-0.4, -0.2) is 40.8 Å². The van der Waals surface area contributed by atoms with Crippen LogP contribution in [0, 0.1) is 12.7 Å².